The van der Waals surface area contributed by atoms with Crippen LogP contribution in [0.15, 0.2) is 6.20 Å². The SMILES string of the molecule is O=S1(=O)CCNC(c2ncc(C(F)(F)F)[nH]2)C1. The average Bonchev–Trinajstić information content (AvgIpc) is 2.63. The first-order valence-corrected chi connectivity index (χ1v) is 6.66. The molecule has 0 amide bonds. The van der Waals surface area contributed by atoms with Gasteiger partial charge in [-0.1, -0.05) is 0 Å². The number of aromatic nitrogens is 2. The topological polar surface area (TPSA) is 74.8 Å². The highest BCUT2D eigenvalue weighted by atomic mass is 32.2. The number of nitrogens with zero attached hydrogens (tertiary/aromatic N) is 1. The van der Waals surface area contributed by atoms with E-state index in [4.69, 9.17) is 0 Å². The Bertz CT molecular complexity index is 508. The summed E-state index contributed by atoms with van der Waals surface area (Å²) >= 11 is 0. The van der Waals surface area contributed by atoms with Crippen LogP contribution in [-0.2, 0) is 16.0 Å². The Hall–Kier alpha value is -1.09. The lowest BCUT2D eigenvalue weighted by molar-refractivity contribution is -0.140. The van der Waals surface area contributed by atoms with Crippen LogP contribution in [0.1, 0.15) is 17.6 Å². The molecule has 2 N–H and O–H groups in total. The van der Waals surface area contributed by atoms with E-state index in [9.17, 15) is 21.6 Å². The minimum absolute atomic E-state index is 0.000556. The van der Waals surface area contributed by atoms with E-state index in [0.29, 0.717) is 6.20 Å². The van der Waals surface area contributed by atoms with Gasteiger partial charge in [-0.2, -0.15) is 13.2 Å². The molecule has 0 aromatic carbocycles. The Kier molecular flexibility index (Phi) is 2.90. The van der Waals surface area contributed by atoms with Gasteiger partial charge in [0.15, 0.2) is 9.84 Å². The number of aromatic amines is 1. The number of H-pyrrole nitrogens is 1. The first kappa shape index (κ1) is 12.4. The lowest BCUT2D eigenvalue weighted by Gasteiger charge is -2.21. The second kappa shape index (κ2) is 3.98. The van der Waals surface area contributed by atoms with Gasteiger partial charge in [0.05, 0.1) is 23.7 Å². The molecule has 2 rings (SSSR count). The summed E-state index contributed by atoms with van der Waals surface area (Å²) in [5, 5.41) is 2.82. The molecule has 1 aromatic heterocycles. The maximum absolute atomic E-state index is 12.3. The lowest BCUT2D eigenvalue weighted by atomic mass is 10.3. The average molecular weight is 269 g/mol. The molecule has 1 unspecified atom stereocenters. The molecule has 1 fully saturated rings. The number of nitrogens with one attached hydrogen (secondary N) is 2. The van der Waals surface area contributed by atoms with Gasteiger partial charge in [-0.25, -0.2) is 13.4 Å². The fourth-order valence-electron chi connectivity index (χ4n) is 1.62. The summed E-state index contributed by atoms with van der Waals surface area (Å²) in [4.78, 5) is 5.67. The van der Waals surface area contributed by atoms with Crippen molar-refractivity contribution < 1.29 is 21.6 Å². The normalized spacial score (nSPS) is 24.8. The largest absolute Gasteiger partial charge is 0.432 e. The first-order chi connectivity index (χ1) is 7.78. The molecule has 9 heteroatoms. The summed E-state index contributed by atoms with van der Waals surface area (Å²) in [6.07, 6.45) is -3.84. The van der Waals surface area contributed by atoms with Crippen molar-refractivity contribution in [3.05, 3.63) is 17.7 Å². The summed E-state index contributed by atoms with van der Waals surface area (Å²) in [5.74, 6) is -0.241. The van der Waals surface area contributed by atoms with Gasteiger partial charge in [-0.15, -0.1) is 0 Å². The van der Waals surface area contributed by atoms with Crippen LogP contribution in [0.4, 0.5) is 13.2 Å². The van der Waals surface area contributed by atoms with E-state index >= 15 is 0 Å². The van der Waals surface area contributed by atoms with Crippen LogP contribution in [0.5, 0.6) is 0 Å². The van der Waals surface area contributed by atoms with Crippen molar-refractivity contribution in [2.24, 2.45) is 0 Å². The third-order valence-electron chi connectivity index (χ3n) is 2.46. The molecule has 5 nitrogen and oxygen atoms in total. The molecule has 0 bridgehead atoms. The van der Waals surface area contributed by atoms with Crippen molar-refractivity contribution >= 4 is 9.84 Å². The van der Waals surface area contributed by atoms with Crippen molar-refractivity contribution in [3.63, 3.8) is 0 Å². The van der Waals surface area contributed by atoms with Gasteiger partial charge >= 0.3 is 6.18 Å². The van der Waals surface area contributed by atoms with Gasteiger partial charge in [-0.3, -0.25) is 0 Å². The molecule has 0 spiro atoms. The first-order valence-electron chi connectivity index (χ1n) is 4.84. The molecule has 0 aliphatic carbocycles. The number of imidazole rings is 1. The molecular weight excluding hydrogens is 259 g/mol. The Morgan fingerprint density at radius 1 is 1.41 bits per heavy atom. The summed E-state index contributed by atoms with van der Waals surface area (Å²) in [5.41, 5.74) is -0.975. The van der Waals surface area contributed by atoms with E-state index in [-0.39, 0.29) is 23.9 Å². The Balaban J connectivity index is 2.21. The van der Waals surface area contributed by atoms with E-state index in [1.165, 1.54) is 0 Å². The molecule has 1 aliphatic rings. The summed E-state index contributed by atoms with van der Waals surface area (Å²) in [6.45, 7) is 0.217. The fraction of sp³-hybridized carbons (Fsp3) is 0.625. The Morgan fingerprint density at radius 3 is 2.65 bits per heavy atom. The maximum Gasteiger partial charge on any atom is 0.432 e. The number of hydrogen-bond acceptors (Lipinski definition) is 4. The van der Waals surface area contributed by atoms with Gasteiger partial charge in [0.25, 0.3) is 0 Å². The molecule has 1 aliphatic heterocycles. The molecule has 1 saturated heterocycles. The molecule has 1 atom stereocenters. The number of halogens is 3. The van der Waals surface area contributed by atoms with E-state index in [0.717, 1.165) is 0 Å². The van der Waals surface area contributed by atoms with E-state index < -0.39 is 27.7 Å². The smallest absolute Gasteiger partial charge is 0.337 e. The van der Waals surface area contributed by atoms with Crippen molar-refractivity contribution in [1.29, 1.82) is 0 Å². The van der Waals surface area contributed by atoms with Crippen LogP contribution in [0, 0.1) is 0 Å². The zero-order chi connectivity index (χ0) is 12.7. The monoisotopic (exact) mass is 269 g/mol. The zero-order valence-corrected chi connectivity index (χ0v) is 9.40. The third kappa shape index (κ3) is 2.78. The van der Waals surface area contributed by atoms with Gasteiger partial charge in [0, 0.05) is 6.54 Å². The minimum atomic E-state index is -4.50. The molecule has 17 heavy (non-hydrogen) atoms. The Labute approximate surface area is 95.4 Å². The number of rotatable bonds is 1. The summed E-state index contributed by atoms with van der Waals surface area (Å²) < 4.78 is 59.6. The van der Waals surface area contributed by atoms with Crippen molar-refractivity contribution in [1.82, 2.24) is 15.3 Å². The predicted molar refractivity (Wildman–Crippen MR) is 53.0 cm³/mol. The van der Waals surface area contributed by atoms with Gasteiger partial charge in [0.1, 0.15) is 11.5 Å². The quantitative estimate of drug-likeness (QED) is 0.778. The number of alkyl halides is 3. The second-order valence-electron chi connectivity index (χ2n) is 3.80. The van der Waals surface area contributed by atoms with E-state index in [2.05, 4.69) is 15.3 Å². The third-order valence-corrected chi connectivity index (χ3v) is 4.12. The lowest BCUT2D eigenvalue weighted by Crippen LogP contribution is -2.39. The standard InChI is InChI=1S/C8H10F3N3O2S/c9-8(10,11)6-3-13-7(14-6)5-4-17(15,16)2-1-12-5/h3,5,12H,1-2,4H2,(H,13,14). The van der Waals surface area contributed by atoms with Crippen LogP contribution >= 0.6 is 0 Å². The number of hydrogen-bond donors (Lipinski definition) is 2. The van der Waals surface area contributed by atoms with Crippen LogP contribution in [0.3, 0.4) is 0 Å². The molecule has 1 aromatic rings. The van der Waals surface area contributed by atoms with Gasteiger partial charge in [-0.05, 0) is 0 Å². The van der Waals surface area contributed by atoms with Crippen LogP contribution < -0.4 is 5.32 Å². The molecule has 0 saturated carbocycles. The highest BCUT2D eigenvalue weighted by molar-refractivity contribution is 7.91. The van der Waals surface area contributed by atoms with Crippen LogP contribution in [-0.4, -0.2) is 36.4 Å². The fourth-order valence-corrected chi connectivity index (χ4v) is 3.00. The highest BCUT2D eigenvalue weighted by Crippen LogP contribution is 2.28. The van der Waals surface area contributed by atoms with Crippen molar-refractivity contribution in [3.8, 4) is 0 Å². The Morgan fingerprint density at radius 2 is 2.12 bits per heavy atom. The predicted octanol–water partition coefficient (Wildman–Crippen LogP) is 0.488. The zero-order valence-electron chi connectivity index (χ0n) is 8.58. The van der Waals surface area contributed by atoms with Crippen molar-refractivity contribution in [2.45, 2.75) is 12.2 Å². The van der Waals surface area contributed by atoms with E-state index in [1.54, 1.807) is 0 Å². The molecule has 96 valence electrons. The number of sulfone groups is 1. The van der Waals surface area contributed by atoms with Crippen LogP contribution in [0.25, 0.3) is 0 Å². The highest BCUT2D eigenvalue weighted by Gasteiger charge is 2.35. The van der Waals surface area contributed by atoms with Gasteiger partial charge in [0.2, 0.25) is 0 Å². The minimum Gasteiger partial charge on any atom is -0.337 e. The summed E-state index contributed by atoms with van der Waals surface area (Å²) in [6, 6.07) is -0.704. The molecular formula is C8H10F3N3O2S. The van der Waals surface area contributed by atoms with Gasteiger partial charge < -0.3 is 10.3 Å². The second-order valence-corrected chi connectivity index (χ2v) is 6.03. The molecule has 0 radical (unpaired) electrons. The maximum atomic E-state index is 12.3. The molecule has 2 heterocycles. The summed E-state index contributed by atoms with van der Waals surface area (Å²) in [7, 11) is -3.21. The van der Waals surface area contributed by atoms with E-state index in [1.807, 2.05) is 0 Å². The van der Waals surface area contributed by atoms with Crippen molar-refractivity contribution in [2.75, 3.05) is 18.1 Å². The van der Waals surface area contributed by atoms with Crippen LogP contribution in [0.2, 0.25) is 0 Å².